The minimum Gasteiger partial charge on any atom is -0.352 e. The van der Waals surface area contributed by atoms with E-state index in [9.17, 15) is 23.8 Å². The van der Waals surface area contributed by atoms with Crippen LogP contribution in [0.1, 0.15) is 44.2 Å². The van der Waals surface area contributed by atoms with Crippen LogP contribution in [-0.4, -0.2) is 41.0 Å². The van der Waals surface area contributed by atoms with Crippen LogP contribution in [0.4, 0.5) is 5.69 Å². The lowest BCUT2D eigenvalue weighted by Crippen LogP contribution is -2.47. The third-order valence-electron chi connectivity index (χ3n) is 6.90. The molecule has 0 bridgehead atoms. The Labute approximate surface area is 248 Å². The lowest BCUT2D eigenvalue weighted by molar-refractivity contribution is -0.129. The standard InChI is InChI=1S/C33H42N3O5P/c1-25(2)22-30(33(39)35-29-16-10-5-11-17-29)36-32(38)28(19-18-26-12-6-3-7-13-26)24-42(40,41)21-20-31(37)34-23-27-14-8-4-9-15-27/h3-17,25,28,30H,18-24H2,1-2H3,(H,34,37)(H,35,39)(H,36,38)(H,40,41)/t28-,30+/m1/s1. The van der Waals surface area contributed by atoms with Crippen LogP contribution < -0.4 is 16.0 Å². The Morgan fingerprint density at radius 3 is 1.98 bits per heavy atom. The fourth-order valence-corrected chi connectivity index (χ4v) is 6.40. The smallest absolute Gasteiger partial charge is 0.246 e. The highest BCUT2D eigenvalue weighted by Crippen LogP contribution is 2.44. The Bertz CT molecular complexity index is 1320. The van der Waals surface area contributed by atoms with Crippen molar-refractivity contribution in [2.24, 2.45) is 11.8 Å². The minimum atomic E-state index is -3.84. The zero-order valence-corrected chi connectivity index (χ0v) is 25.3. The summed E-state index contributed by atoms with van der Waals surface area (Å²) < 4.78 is 13.3. The van der Waals surface area contributed by atoms with Gasteiger partial charge in [0, 0.05) is 36.9 Å². The fourth-order valence-electron chi connectivity index (χ4n) is 4.63. The summed E-state index contributed by atoms with van der Waals surface area (Å²) in [5, 5.41) is 8.50. The van der Waals surface area contributed by atoms with Gasteiger partial charge in [-0.05, 0) is 48.4 Å². The van der Waals surface area contributed by atoms with Gasteiger partial charge in [0.15, 0.2) is 0 Å². The Hall–Kier alpha value is -3.74. The predicted molar refractivity (Wildman–Crippen MR) is 167 cm³/mol. The van der Waals surface area contributed by atoms with Crippen molar-refractivity contribution in [1.29, 1.82) is 0 Å². The monoisotopic (exact) mass is 591 g/mol. The van der Waals surface area contributed by atoms with E-state index in [0.717, 1.165) is 11.1 Å². The highest BCUT2D eigenvalue weighted by Gasteiger charge is 2.32. The number of hydrogen-bond donors (Lipinski definition) is 4. The average molecular weight is 592 g/mol. The van der Waals surface area contributed by atoms with Crippen LogP contribution in [0.5, 0.6) is 0 Å². The molecule has 0 aliphatic rings. The number of rotatable bonds is 16. The number of carbonyl (C=O) groups excluding carboxylic acids is 3. The van der Waals surface area contributed by atoms with E-state index in [2.05, 4.69) is 16.0 Å². The van der Waals surface area contributed by atoms with Crippen LogP contribution in [0.25, 0.3) is 0 Å². The molecule has 0 aliphatic carbocycles. The molecule has 3 aromatic rings. The van der Waals surface area contributed by atoms with Crippen molar-refractivity contribution in [2.75, 3.05) is 17.6 Å². The molecular formula is C33H42N3O5P. The third kappa shape index (κ3) is 12.0. The Morgan fingerprint density at radius 1 is 0.810 bits per heavy atom. The largest absolute Gasteiger partial charge is 0.352 e. The highest BCUT2D eigenvalue weighted by atomic mass is 31.2. The van der Waals surface area contributed by atoms with Crippen molar-refractivity contribution in [3.8, 4) is 0 Å². The summed E-state index contributed by atoms with van der Waals surface area (Å²) in [7, 11) is -3.84. The molecule has 0 spiro atoms. The van der Waals surface area contributed by atoms with E-state index in [-0.39, 0.29) is 36.5 Å². The molecule has 224 valence electrons. The molecule has 9 heteroatoms. The molecule has 0 fully saturated rings. The van der Waals surface area contributed by atoms with Crippen LogP contribution in [0, 0.1) is 11.8 Å². The maximum Gasteiger partial charge on any atom is 0.246 e. The summed E-state index contributed by atoms with van der Waals surface area (Å²) in [5.74, 6) is -1.80. The average Bonchev–Trinajstić information content (AvgIpc) is 2.98. The molecule has 0 saturated carbocycles. The number of amides is 3. The number of nitrogens with one attached hydrogen (secondary N) is 3. The fraction of sp³-hybridized carbons (Fsp3) is 0.364. The number of anilines is 1. The van der Waals surface area contributed by atoms with Gasteiger partial charge in [0.25, 0.3) is 0 Å². The van der Waals surface area contributed by atoms with Crippen molar-refractivity contribution < 1.29 is 23.8 Å². The van der Waals surface area contributed by atoms with Gasteiger partial charge in [-0.15, -0.1) is 0 Å². The maximum absolute atomic E-state index is 13.6. The topological polar surface area (TPSA) is 125 Å². The Kier molecular flexibility index (Phi) is 13.0. The number of hydrogen-bond acceptors (Lipinski definition) is 4. The first kappa shape index (κ1) is 32.8. The number of aryl methyl sites for hydroxylation is 1. The summed E-state index contributed by atoms with van der Waals surface area (Å²) in [5.41, 5.74) is 2.56. The van der Waals surface area contributed by atoms with Gasteiger partial charge in [0.2, 0.25) is 25.1 Å². The molecule has 42 heavy (non-hydrogen) atoms. The second-order valence-electron chi connectivity index (χ2n) is 11.0. The zero-order chi connectivity index (χ0) is 30.4. The van der Waals surface area contributed by atoms with Crippen molar-refractivity contribution in [1.82, 2.24) is 10.6 Å². The van der Waals surface area contributed by atoms with Gasteiger partial charge in [0.05, 0.1) is 0 Å². The van der Waals surface area contributed by atoms with E-state index in [0.29, 0.717) is 31.5 Å². The lowest BCUT2D eigenvalue weighted by atomic mass is 9.98. The molecule has 0 radical (unpaired) electrons. The van der Waals surface area contributed by atoms with E-state index in [4.69, 9.17) is 0 Å². The second-order valence-corrected chi connectivity index (χ2v) is 13.5. The second kappa shape index (κ2) is 16.6. The molecule has 0 heterocycles. The molecule has 0 aromatic heterocycles. The summed E-state index contributed by atoms with van der Waals surface area (Å²) >= 11 is 0. The van der Waals surface area contributed by atoms with Crippen molar-refractivity contribution >= 4 is 30.8 Å². The summed E-state index contributed by atoms with van der Waals surface area (Å²) in [6.07, 6.45) is 0.646. The van der Waals surface area contributed by atoms with Crippen molar-refractivity contribution in [3.05, 3.63) is 102 Å². The van der Waals surface area contributed by atoms with Crippen LogP contribution in [0.2, 0.25) is 0 Å². The molecule has 3 aromatic carbocycles. The first-order chi connectivity index (χ1) is 20.1. The molecule has 3 amide bonds. The van der Waals surface area contributed by atoms with E-state index in [1.165, 1.54) is 0 Å². The Balaban J connectivity index is 1.66. The van der Waals surface area contributed by atoms with E-state index < -0.39 is 25.2 Å². The normalized spacial score (nSPS) is 13.9. The van der Waals surface area contributed by atoms with Crippen LogP contribution in [-0.2, 0) is 31.9 Å². The number of carbonyl (C=O) groups is 3. The molecule has 3 atom stereocenters. The van der Waals surface area contributed by atoms with E-state index in [1.54, 1.807) is 12.1 Å². The molecule has 0 saturated heterocycles. The van der Waals surface area contributed by atoms with Crippen LogP contribution >= 0.6 is 7.37 Å². The first-order valence-electron chi connectivity index (χ1n) is 14.4. The first-order valence-corrected chi connectivity index (χ1v) is 16.5. The van der Waals surface area contributed by atoms with E-state index in [1.807, 2.05) is 92.7 Å². The van der Waals surface area contributed by atoms with Gasteiger partial charge < -0.3 is 20.8 Å². The van der Waals surface area contributed by atoms with E-state index >= 15 is 0 Å². The van der Waals surface area contributed by atoms with Gasteiger partial charge in [-0.2, -0.15) is 0 Å². The number of benzene rings is 3. The summed E-state index contributed by atoms with van der Waals surface area (Å²) in [6.45, 7) is 4.26. The predicted octanol–water partition coefficient (Wildman–Crippen LogP) is 5.38. The third-order valence-corrected chi connectivity index (χ3v) is 8.84. The molecule has 1 unspecified atom stereocenters. The van der Waals surface area contributed by atoms with Crippen LogP contribution in [0.15, 0.2) is 91.0 Å². The van der Waals surface area contributed by atoms with Crippen molar-refractivity contribution in [2.45, 2.75) is 52.1 Å². The molecule has 3 rings (SSSR count). The minimum absolute atomic E-state index is 0.122. The van der Waals surface area contributed by atoms with Gasteiger partial charge >= 0.3 is 0 Å². The summed E-state index contributed by atoms with van der Waals surface area (Å²) in [4.78, 5) is 50.0. The van der Waals surface area contributed by atoms with Crippen molar-refractivity contribution in [3.63, 3.8) is 0 Å². The highest BCUT2D eigenvalue weighted by molar-refractivity contribution is 7.58. The molecule has 8 nitrogen and oxygen atoms in total. The quantitative estimate of drug-likeness (QED) is 0.167. The summed E-state index contributed by atoms with van der Waals surface area (Å²) in [6, 6.07) is 27.2. The van der Waals surface area contributed by atoms with Crippen LogP contribution in [0.3, 0.4) is 0 Å². The lowest BCUT2D eigenvalue weighted by Gasteiger charge is -2.25. The van der Waals surface area contributed by atoms with Gasteiger partial charge in [0.1, 0.15) is 6.04 Å². The molecular weight excluding hydrogens is 549 g/mol. The van der Waals surface area contributed by atoms with Gasteiger partial charge in [-0.1, -0.05) is 92.7 Å². The zero-order valence-electron chi connectivity index (χ0n) is 24.4. The molecule has 0 aliphatic heterocycles. The van der Waals surface area contributed by atoms with Gasteiger partial charge in [-0.25, -0.2) is 0 Å². The SMILES string of the molecule is CC(C)C[C@H](NC(=O)[C@H](CCc1ccccc1)CP(=O)(O)CCC(=O)NCc1ccccc1)C(=O)Nc1ccccc1. The number of para-hydroxylation sites is 1. The van der Waals surface area contributed by atoms with Gasteiger partial charge in [-0.3, -0.25) is 18.9 Å². The molecule has 4 N–H and O–H groups in total. The maximum atomic E-state index is 13.6. The Morgan fingerprint density at radius 2 is 1.38 bits per heavy atom.